The molecule has 0 aliphatic heterocycles. The van der Waals surface area contributed by atoms with E-state index >= 15 is 0 Å². The van der Waals surface area contributed by atoms with Crippen LogP contribution in [0.3, 0.4) is 0 Å². The van der Waals surface area contributed by atoms with Gasteiger partial charge in [0.05, 0.1) is 38.3 Å². The van der Waals surface area contributed by atoms with Gasteiger partial charge in [-0.15, -0.1) is 0 Å². The molecule has 0 fully saturated rings. The SMILES string of the molecule is COc1cc(C(=O)Nc2cccc3ccccc23)c(N(Cc2ccc(Cl)cc2)S(C)(=O)=O)cc1OC. The number of methoxy groups -OCH3 is 2. The van der Waals surface area contributed by atoms with Gasteiger partial charge in [0.2, 0.25) is 10.0 Å². The van der Waals surface area contributed by atoms with Crippen molar-refractivity contribution in [3.8, 4) is 11.5 Å². The fraction of sp³-hybridized carbons (Fsp3) is 0.148. The molecular weight excluding hydrogens is 500 g/mol. The maximum atomic E-state index is 13.6. The van der Waals surface area contributed by atoms with Crippen molar-refractivity contribution in [2.75, 3.05) is 30.1 Å². The number of carbonyl (C=O) groups is 1. The largest absolute Gasteiger partial charge is 0.493 e. The fourth-order valence-corrected chi connectivity index (χ4v) is 4.94. The number of rotatable bonds is 8. The van der Waals surface area contributed by atoms with Crippen molar-refractivity contribution in [3.05, 3.63) is 95.0 Å². The lowest BCUT2D eigenvalue weighted by Crippen LogP contribution is -2.31. The first-order valence-electron chi connectivity index (χ1n) is 11.0. The Balaban J connectivity index is 1.83. The molecule has 0 aliphatic carbocycles. The van der Waals surface area contributed by atoms with E-state index in [2.05, 4.69) is 5.32 Å². The Bertz CT molecular complexity index is 1520. The van der Waals surface area contributed by atoms with Gasteiger partial charge in [0.15, 0.2) is 11.5 Å². The molecule has 0 heterocycles. The summed E-state index contributed by atoms with van der Waals surface area (Å²) in [5, 5.41) is 5.29. The van der Waals surface area contributed by atoms with E-state index in [1.807, 2.05) is 36.4 Å². The number of anilines is 2. The summed E-state index contributed by atoms with van der Waals surface area (Å²) >= 11 is 6.00. The Labute approximate surface area is 215 Å². The van der Waals surface area contributed by atoms with Crippen molar-refractivity contribution < 1.29 is 22.7 Å². The van der Waals surface area contributed by atoms with Crippen LogP contribution in [-0.4, -0.2) is 34.8 Å². The quantitative estimate of drug-likeness (QED) is 0.318. The molecule has 0 atom stereocenters. The van der Waals surface area contributed by atoms with Crippen LogP contribution in [0.2, 0.25) is 5.02 Å². The van der Waals surface area contributed by atoms with E-state index < -0.39 is 15.9 Å². The fourth-order valence-electron chi connectivity index (χ4n) is 3.92. The van der Waals surface area contributed by atoms with Crippen molar-refractivity contribution in [1.29, 1.82) is 0 Å². The third-order valence-electron chi connectivity index (χ3n) is 5.69. The third-order valence-corrected chi connectivity index (χ3v) is 7.07. The number of ether oxygens (including phenoxy) is 2. The summed E-state index contributed by atoms with van der Waals surface area (Å²) in [5.74, 6) is 0.0929. The van der Waals surface area contributed by atoms with Crippen LogP contribution in [-0.2, 0) is 16.6 Å². The molecule has 4 aromatic carbocycles. The van der Waals surface area contributed by atoms with Crippen LogP contribution >= 0.6 is 11.6 Å². The lowest BCUT2D eigenvalue weighted by Gasteiger charge is -2.26. The van der Waals surface area contributed by atoms with E-state index in [1.165, 1.54) is 26.4 Å². The van der Waals surface area contributed by atoms with E-state index in [0.29, 0.717) is 27.8 Å². The number of sulfonamides is 1. The zero-order valence-electron chi connectivity index (χ0n) is 20.0. The van der Waals surface area contributed by atoms with Gasteiger partial charge in [-0.2, -0.15) is 0 Å². The molecule has 36 heavy (non-hydrogen) atoms. The normalized spacial score (nSPS) is 11.2. The van der Waals surface area contributed by atoms with Crippen molar-refractivity contribution in [1.82, 2.24) is 0 Å². The van der Waals surface area contributed by atoms with Crippen molar-refractivity contribution >= 4 is 49.7 Å². The molecule has 9 heteroatoms. The van der Waals surface area contributed by atoms with Gasteiger partial charge in [-0.3, -0.25) is 9.10 Å². The predicted octanol–water partition coefficient (Wildman–Crippen LogP) is 5.73. The summed E-state index contributed by atoms with van der Waals surface area (Å²) in [7, 11) is -0.914. The molecule has 1 N–H and O–H groups in total. The molecule has 0 saturated carbocycles. The molecule has 0 spiro atoms. The molecule has 0 unspecified atom stereocenters. The maximum absolute atomic E-state index is 13.6. The molecule has 0 radical (unpaired) electrons. The van der Waals surface area contributed by atoms with Crippen molar-refractivity contribution in [2.24, 2.45) is 0 Å². The van der Waals surface area contributed by atoms with Crippen LogP contribution in [0.1, 0.15) is 15.9 Å². The Hall–Kier alpha value is -3.75. The van der Waals surface area contributed by atoms with E-state index in [-0.39, 0.29) is 17.8 Å². The molecule has 4 aromatic rings. The topological polar surface area (TPSA) is 84.9 Å². The van der Waals surface area contributed by atoms with Gasteiger partial charge in [-0.05, 0) is 35.2 Å². The average molecular weight is 525 g/mol. The van der Waals surface area contributed by atoms with Crippen LogP contribution in [0.15, 0.2) is 78.9 Å². The van der Waals surface area contributed by atoms with Crippen molar-refractivity contribution in [2.45, 2.75) is 6.54 Å². The zero-order chi connectivity index (χ0) is 25.9. The highest BCUT2D eigenvalue weighted by atomic mass is 35.5. The number of benzene rings is 4. The highest BCUT2D eigenvalue weighted by Gasteiger charge is 2.27. The number of hydrogen-bond acceptors (Lipinski definition) is 5. The third kappa shape index (κ3) is 5.40. The van der Waals surface area contributed by atoms with E-state index in [0.717, 1.165) is 21.3 Å². The lowest BCUT2D eigenvalue weighted by molar-refractivity contribution is 0.102. The first-order chi connectivity index (χ1) is 17.2. The smallest absolute Gasteiger partial charge is 0.257 e. The van der Waals surface area contributed by atoms with E-state index in [4.69, 9.17) is 21.1 Å². The van der Waals surface area contributed by atoms with Crippen LogP contribution in [0.5, 0.6) is 11.5 Å². The standard InChI is InChI=1S/C27H25ClN2O5S/c1-34-25-15-22(27(31)29-23-10-6-8-19-7-4-5-9-21(19)23)24(16-26(25)35-2)30(36(3,32)33)17-18-11-13-20(28)14-12-18/h4-16H,17H2,1-3H3,(H,29,31). The summed E-state index contributed by atoms with van der Waals surface area (Å²) < 4.78 is 37.9. The predicted molar refractivity (Wildman–Crippen MR) is 144 cm³/mol. The summed E-state index contributed by atoms with van der Waals surface area (Å²) in [6, 6.07) is 23.0. The minimum absolute atomic E-state index is 0.0139. The molecule has 0 aromatic heterocycles. The van der Waals surface area contributed by atoms with Gasteiger partial charge in [0, 0.05) is 22.2 Å². The number of nitrogens with one attached hydrogen (secondary N) is 1. The minimum Gasteiger partial charge on any atom is -0.493 e. The van der Waals surface area contributed by atoms with Crippen LogP contribution in [0.4, 0.5) is 11.4 Å². The summed E-state index contributed by atoms with van der Waals surface area (Å²) in [4.78, 5) is 13.6. The first kappa shape index (κ1) is 25.3. The number of fused-ring (bicyclic) bond motifs is 1. The van der Waals surface area contributed by atoms with Gasteiger partial charge in [-0.25, -0.2) is 8.42 Å². The summed E-state index contributed by atoms with van der Waals surface area (Å²) in [6.07, 6.45) is 1.09. The second-order valence-corrected chi connectivity index (χ2v) is 10.4. The molecular formula is C27H25ClN2O5S. The Morgan fingerprint density at radius 1 is 0.917 bits per heavy atom. The number of halogens is 1. The van der Waals surface area contributed by atoms with Crippen LogP contribution in [0, 0.1) is 0 Å². The van der Waals surface area contributed by atoms with Gasteiger partial charge in [0.1, 0.15) is 0 Å². The lowest BCUT2D eigenvalue weighted by atomic mass is 10.1. The highest BCUT2D eigenvalue weighted by Crippen LogP contribution is 2.37. The number of amides is 1. The molecule has 186 valence electrons. The van der Waals surface area contributed by atoms with Gasteiger partial charge < -0.3 is 14.8 Å². The Morgan fingerprint density at radius 2 is 1.56 bits per heavy atom. The second kappa shape index (κ2) is 10.5. The molecule has 0 saturated heterocycles. The van der Waals surface area contributed by atoms with E-state index in [9.17, 15) is 13.2 Å². The minimum atomic E-state index is -3.81. The highest BCUT2D eigenvalue weighted by molar-refractivity contribution is 7.92. The van der Waals surface area contributed by atoms with Crippen molar-refractivity contribution in [3.63, 3.8) is 0 Å². The number of carbonyl (C=O) groups excluding carboxylic acids is 1. The first-order valence-corrected chi connectivity index (χ1v) is 13.2. The Kier molecular flexibility index (Phi) is 7.37. The Morgan fingerprint density at radius 3 is 2.22 bits per heavy atom. The summed E-state index contributed by atoms with van der Waals surface area (Å²) in [6.45, 7) is -0.0139. The van der Waals surface area contributed by atoms with E-state index in [1.54, 1.807) is 30.3 Å². The van der Waals surface area contributed by atoms with Gasteiger partial charge >= 0.3 is 0 Å². The van der Waals surface area contributed by atoms with Gasteiger partial charge in [-0.1, -0.05) is 60.1 Å². The monoisotopic (exact) mass is 524 g/mol. The molecule has 0 bridgehead atoms. The molecule has 7 nitrogen and oxygen atoms in total. The zero-order valence-corrected chi connectivity index (χ0v) is 21.6. The number of hydrogen-bond donors (Lipinski definition) is 1. The molecule has 0 aliphatic rings. The molecule has 1 amide bonds. The summed E-state index contributed by atoms with van der Waals surface area (Å²) in [5.41, 5.74) is 1.56. The maximum Gasteiger partial charge on any atom is 0.257 e. The van der Waals surface area contributed by atoms with Crippen LogP contribution < -0.4 is 19.1 Å². The van der Waals surface area contributed by atoms with Crippen LogP contribution in [0.25, 0.3) is 10.8 Å². The van der Waals surface area contributed by atoms with Gasteiger partial charge in [0.25, 0.3) is 5.91 Å². The molecule has 4 rings (SSSR count). The second-order valence-electron chi connectivity index (χ2n) is 8.10. The number of nitrogens with zero attached hydrogens (tertiary/aromatic N) is 1. The average Bonchev–Trinajstić information content (AvgIpc) is 2.87.